The Morgan fingerprint density at radius 3 is 2.41 bits per heavy atom. The molecule has 2 aromatic rings. The summed E-state index contributed by atoms with van der Waals surface area (Å²) in [5.41, 5.74) is 2.83. The zero-order valence-electron chi connectivity index (χ0n) is 9.76. The zero-order chi connectivity index (χ0) is 12.3. The fourth-order valence-corrected chi connectivity index (χ4v) is 2.16. The lowest BCUT2D eigenvalue weighted by Gasteiger charge is -2.12. The maximum atomic E-state index is 12.1. The molecular formula is C14H15NOS. The largest absolute Gasteiger partial charge is 0.308 e. The van der Waals surface area contributed by atoms with Gasteiger partial charge in [-0.2, -0.15) is 12.6 Å². The van der Waals surface area contributed by atoms with Gasteiger partial charge in [-0.15, -0.1) is 0 Å². The first kappa shape index (κ1) is 12.0. The molecule has 0 unspecified atom stereocenters. The van der Waals surface area contributed by atoms with E-state index >= 15 is 0 Å². The molecule has 0 saturated heterocycles. The molecule has 3 heteroatoms. The number of pyridine rings is 1. The monoisotopic (exact) mass is 245 g/mol. The van der Waals surface area contributed by atoms with Crippen LogP contribution in [0.25, 0.3) is 11.3 Å². The Morgan fingerprint density at radius 2 is 1.82 bits per heavy atom. The summed E-state index contributed by atoms with van der Waals surface area (Å²) in [5.74, 6) is 0.480. The molecule has 0 amide bonds. The smallest absolute Gasteiger partial charge is 0.255 e. The average Bonchev–Trinajstić information content (AvgIpc) is 2.39. The lowest BCUT2D eigenvalue weighted by molar-refractivity contribution is 0.729. The molecule has 0 spiro atoms. The van der Waals surface area contributed by atoms with Crippen molar-refractivity contribution in [3.05, 3.63) is 58.4 Å². The van der Waals surface area contributed by atoms with E-state index in [1.54, 1.807) is 4.57 Å². The van der Waals surface area contributed by atoms with E-state index in [1.165, 1.54) is 0 Å². The lowest BCUT2D eigenvalue weighted by Crippen LogP contribution is -2.23. The number of hydrogen-bond donors (Lipinski definition) is 1. The minimum Gasteiger partial charge on any atom is -0.308 e. The third-order valence-electron chi connectivity index (χ3n) is 2.81. The van der Waals surface area contributed by atoms with E-state index in [2.05, 4.69) is 12.6 Å². The lowest BCUT2D eigenvalue weighted by atomic mass is 10.1. The van der Waals surface area contributed by atoms with Crippen LogP contribution in [0.3, 0.4) is 0 Å². The molecule has 1 aromatic carbocycles. The molecule has 88 valence electrons. The van der Waals surface area contributed by atoms with Gasteiger partial charge in [0.1, 0.15) is 0 Å². The molecule has 0 aliphatic rings. The van der Waals surface area contributed by atoms with Crippen molar-refractivity contribution in [3.8, 4) is 11.3 Å². The van der Waals surface area contributed by atoms with Gasteiger partial charge in [-0.25, -0.2) is 0 Å². The van der Waals surface area contributed by atoms with Crippen LogP contribution in [0, 0.1) is 0 Å². The Balaban J connectivity index is 2.64. The molecule has 0 N–H and O–H groups in total. The van der Waals surface area contributed by atoms with E-state index in [1.807, 2.05) is 49.4 Å². The van der Waals surface area contributed by atoms with Crippen LogP contribution in [0.4, 0.5) is 0 Å². The van der Waals surface area contributed by atoms with Crippen LogP contribution in [-0.4, -0.2) is 4.57 Å². The highest BCUT2D eigenvalue weighted by atomic mass is 32.1. The number of aromatic nitrogens is 1. The maximum Gasteiger partial charge on any atom is 0.255 e. The van der Waals surface area contributed by atoms with Crippen molar-refractivity contribution in [2.24, 2.45) is 0 Å². The first-order valence-corrected chi connectivity index (χ1v) is 6.30. The summed E-state index contributed by atoms with van der Waals surface area (Å²) in [6, 6.07) is 13.8. The summed E-state index contributed by atoms with van der Waals surface area (Å²) in [7, 11) is 0. The van der Waals surface area contributed by atoms with Crippen LogP contribution in [0.5, 0.6) is 0 Å². The molecule has 0 saturated carbocycles. The van der Waals surface area contributed by atoms with E-state index in [0.717, 1.165) is 16.8 Å². The fourth-order valence-electron chi connectivity index (χ4n) is 1.92. The predicted octanol–water partition coefficient (Wildman–Crippen LogP) is 2.97. The summed E-state index contributed by atoms with van der Waals surface area (Å²) in [5, 5.41) is 0. The number of hydrogen-bond acceptors (Lipinski definition) is 2. The molecule has 0 bridgehead atoms. The van der Waals surface area contributed by atoms with Gasteiger partial charge in [0.05, 0.1) is 5.69 Å². The minimum atomic E-state index is 0.0591. The molecule has 0 fully saturated rings. The molecule has 17 heavy (non-hydrogen) atoms. The van der Waals surface area contributed by atoms with Crippen molar-refractivity contribution in [2.75, 3.05) is 0 Å². The first-order valence-electron chi connectivity index (χ1n) is 5.67. The number of thiol groups is 1. The summed E-state index contributed by atoms with van der Waals surface area (Å²) in [6.45, 7) is 2.65. The fraction of sp³-hybridized carbons (Fsp3) is 0.214. The van der Waals surface area contributed by atoms with Crippen LogP contribution >= 0.6 is 12.6 Å². The normalized spacial score (nSPS) is 10.5. The van der Waals surface area contributed by atoms with Crippen LogP contribution in [0.2, 0.25) is 0 Å². The van der Waals surface area contributed by atoms with Crippen molar-refractivity contribution in [2.45, 2.75) is 19.2 Å². The quantitative estimate of drug-likeness (QED) is 0.825. The minimum absolute atomic E-state index is 0.0591. The molecular weight excluding hydrogens is 230 g/mol. The van der Waals surface area contributed by atoms with Gasteiger partial charge in [-0.3, -0.25) is 4.79 Å². The maximum absolute atomic E-state index is 12.1. The highest BCUT2D eigenvalue weighted by molar-refractivity contribution is 7.79. The van der Waals surface area contributed by atoms with Crippen LogP contribution in [-0.2, 0) is 12.3 Å². The Hall–Kier alpha value is -1.48. The number of rotatable bonds is 3. The predicted molar refractivity (Wildman–Crippen MR) is 74.5 cm³/mol. The molecule has 0 radical (unpaired) electrons. The van der Waals surface area contributed by atoms with Gasteiger partial charge in [0.15, 0.2) is 0 Å². The van der Waals surface area contributed by atoms with Gasteiger partial charge in [-0.1, -0.05) is 36.4 Å². The zero-order valence-corrected chi connectivity index (χ0v) is 10.7. The summed E-state index contributed by atoms with van der Waals surface area (Å²) in [6.07, 6.45) is 0. The van der Waals surface area contributed by atoms with Gasteiger partial charge in [0.2, 0.25) is 0 Å². The van der Waals surface area contributed by atoms with E-state index in [-0.39, 0.29) is 5.56 Å². The van der Waals surface area contributed by atoms with Gasteiger partial charge >= 0.3 is 0 Å². The molecule has 1 heterocycles. The van der Waals surface area contributed by atoms with Gasteiger partial charge in [0, 0.05) is 17.9 Å². The molecule has 0 aliphatic heterocycles. The molecule has 2 rings (SSSR count). The van der Waals surface area contributed by atoms with Crippen molar-refractivity contribution in [1.29, 1.82) is 0 Å². The molecule has 2 nitrogen and oxygen atoms in total. The summed E-state index contributed by atoms with van der Waals surface area (Å²) < 4.78 is 1.79. The van der Waals surface area contributed by atoms with Crippen LogP contribution < -0.4 is 5.56 Å². The Bertz CT molecular complexity index is 560. The number of nitrogens with zero attached hydrogens (tertiary/aromatic N) is 1. The summed E-state index contributed by atoms with van der Waals surface area (Å²) >= 11 is 4.17. The van der Waals surface area contributed by atoms with Crippen LogP contribution in [0.1, 0.15) is 12.5 Å². The third kappa shape index (κ3) is 2.29. The van der Waals surface area contributed by atoms with Crippen LogP contribution in [0.15, 0.2) is 47.3 Å². The van der Waals surface area contributed by atoms with E-state index in [9.17, 15) is 4.79 Å². The standard InChI is InChI=1S/C14H15NOS/c1-2-15-13(11-6-4-3-5-7-11)9-8-12(10-17)14(15)16/h3-9,17H,2,10H2,1H3. The molecule has 0 atom stereocenters. The second kappa shape index (κ2) is 5.23. The van der Waals surface area contributed by atoms with Crippen molar-refractivity contribution >= 4 is 12.6 Å². The molecule has 1 aromatic heterocycles. The summed E-state index contributed by atoms with van der Waals surface area (Å²) in [4.78, 5) is 12.1. The third-order valence-corrected chi connectivity index (χ3v) is 3.15. The van der Waals surface area contributed by atoms with E-state index < -0.39 is 0 Å². The topological polar surface area (TPSA) is 22.0 Å². The number of benzene rings is 1. The first-order chi connectivity index (χ1) is 8.27. The van der Waals surface area contributed by atoms with E-state index in [0.29, 0.717) is 12.3 Å². The van der Waals surface area contributed by atoms with E-state index in [4.69, 9.17) is 0 Å². The second-order valence-corrected chi connectivity index (χ2v) is 4.13. The average molecular weight is 245 g/mol. The van der Waals surface area contributed by atoms with Gasteiger partial charge < -0.3 is 4.57 Å². The Kier molecular flexibility index (Phi) is 3.69. The Labute approximate surface area is 106 Å². The highest BCUT2D eigenvalue weighted by Crippen LogP contribution is 2.18. The molecule has 0 aliphatic carbocycles. The van der Waals surface area contributed by atoms with Gasteiger partial charge in [0.25, 0.3) is 5.56 Å². The Morgan fingerprint density at radius 1 is 1.12 bits per heavy atom. The highest BCUT2D eigenvalue weighted by Gasteiger charge is 2.07. The van der Waals surface area contributed by atoms with Crippen molar-refractivity contribution in [1.82, 2.24) is 4.57 Å². The second-order valence-electron chi connectivity index (χ2n) is 3.82. The SMILES string of the molecule is CCn1c(-c2ccccc2)ccc(CS)c1=O. The van der Waals surface area contributed by atoms with Crippen molar-refractivity contribution in [3.63, 3.8) is 0 Å². The van der Waals surface area contributed by atoms with Gasteiger partial charge in [-0.05, 0) is 18.6 Å². The van der Waals surface area contributed by atoms with Crippen molar-refractivity contribution < 1.29 is 0 Å².